The fourth-order valence-corrected chi connectivity index (χ4v) is 1.76. The first-order valence-corrected chi connectivity index (χ1v) is 4.90. The van der Waals surface area contributed by atoms with Gasteiger partial charge in [0.15, 0.2) is 5.78 Å². The SMILES string of the molecule is [B]C1CCC(S/C=C\C)=CC1=O. The highest BCUT2D eigenvalue weighted by Gasteiger charge is 2.16. The van der Waals surface area contributed by atoms with E-state index >= 15 is 0 Å². The molecule has 1 aliphatic carbocycles. The van der Waals surface area contributed by atoms with Crippen LogP contribution in [0.15, 0.2) is 22.5 Å². The third-order valence-electron chi connectivity index (χ3n) is 1.73. The average Bonchev–Trinajstić information content (AvgIpc) is 2.07. The molecule has 1 atom stereocenters. The minimum Gasteiger partial charge on any atom is -0.295 e. The van der Waals surface area contributed by atoms with Gasteiger partial charge in [-0.2, -0.15) is 0 Å². The van der Waals surface area contributed by atoms with Gasteiger partial charge >= 0.3 is 0 Å². The van der Waals surface area contributed by atoms with Gasteiger partial charge < -0.3 is 0 Å². The number of hydrogen-bond donors (Lipinski definition) is 0. The number of hydrogen-bond acceptors (Lipinski definition) is 2. The number of carbonyl (C=O) groups excluding carboxylic acids is 1. The highest BCUT2D eigenvalue weighted by Crippen LogP contribution is 2.30. The molecule has 2 radical (unpaired) electrons. The molecule has 3 heteroatoms. The smallest absolute Gasteiger partial charge is 0.150 e. The van der Waals surface area contributed by atoms with Crippen molar-refractivity contribution in [3.63, 3.8) is 0 Å². The standard InChI is InChI=1S/C9H11BOS/c1-2-5-12-7-3-4-8(10)9(11)6-7/h2,5-6,8H,3-4H2,1H3/b5-2-. The van der Waals surface area contributed by atoms with Gasteiger partial charge in [0, 0.05) is 0 Å². The number of carbonyl (C=O) groups is 1. The molecule has 0 N–H and O–H groups in total. The van der Waals surface area contributed by atoms with Crippen LogP contribution in [0.1, 0.15) is 19.8 Å². The van der Waals surface area contributed by atoms with Crippen LogP contribution in [0.25, 0.3) is 0 Å². The zero-order valence-corrected chi connectivity index (χ0v) is 7.93. The second-order valence-corrected chi connectivity index (χ2v) is 3.78. The third-order valence-corrected chi connectivity index (χ3v) is 2.76. The lowest BCUT2D eigenvalue weighted by atomic mass is 9.77. The van der Waals surface area contributed by atoms with Crippen molar-refractivity contribution in [2.45, 2.75) is 25.6 Å². The largest absolute Gasteiger partial charge is 0.295 e. The Morgan fingerprint density at radius 3 is 3.08 bits per heavy atom. The van der Waals surface area contributed by atoms with Gasteiger partial charge in [0.2, 0.25) is 0 Å². The predicted molar refractivity (Wildman–Crippen MR) is 54.2 cm³/mol. The van der Waals surface area contributed by atoms with Crippen molar-refractivity contribution in [3.05, 3.63) is 22.5 Å². The lowest BCUT2D eigenvalue weighted by Crippen LogP contribution is -2.10. The van der Waals surface area contributed by atoms with Gasteiger partial charge in [-0.25, -0.2) is 0 Å². The van der Waals surface area contributed by atoms with Crippen LogP contribution in [-0.4, -0.2) is 13.6 Å². The maximum atomic E-state index is 11.1. The predicted octanol–water partition coefficient (Wildman–Crippen LogP) is 2.46. The van der Waals surface area contributed by atoms with E-state index in [1.807, 2.05) is 18.4 Å². The summed E-state index contributed by atoms with van der Waals surface area (Å²) in [7, 11) is 5.55. The summed E-state index contributed by atoms with van der Waals surface area (Å²) in [6.07, 6.45) is 5.35. The Kier molecular flexibility index (Phi) is 3.66. The van der Waals surface area contributed by atoms with E-state index in [0.717, 1.165) is 17.7 Å². The van der Waals surface area contributed by atoms with Crippen molar-refractivity contribution in [1.82, 2.24) is 0 Å². The van der Waals surface area contributed by atoms with E-state index in [0.29, 0.717) is 0 Å². The number of ketones is 1. The number of allylic oxidation sites excluding steroid dienone is 3. The highest BCUT2D eigenvalue weighted by molar-refractivity contribution is 8.05. The first-order valence-electron chi connectivity index (χ1n) is 4.02. The van der Waals surface area contributed by atoms with E-state index in [1.54, 1.807) is 17.8 Å². The Morgan fingerprint density at radius 2 is 2.50 bits per heavy atom. The van der Waals surface area contributed by atoms with Crippen molar-refractivity contribution in [2.24, 2.45) is 0 Å². The first-order chi connectivity index (χ1) is 5.74. The van der Waals surface area contributed by atoms with Crippen molar-refractivity contribution in [3.8, 4) is 0 Å². The zero-order chi connectivity index (χ0) is 8.97. The van der Waals surface area contributed by atoms with Crippen molar-refractivity contribution >= 4 is 25.4 Å². The van der Waals surface area contributed by atoms with Crippen molar-refractivity contribution < 1.29 is 4.79 Å². The van der Waals surface area contributed by atoms with Gasteiger partial charge in [-0.05, 0) is 42.0 Å². The molecule has 12 heavy (non-hydrogen) atoms. The van der Waals surface area contributed by atoms with Crippen molar-refractivity contribution in [1.29, 1.82) is 0 Å². The van der Waals surface area contributed by atoms with Gasteiger partial charge in [-0.3, -0.25) is 4.79 Å². The molecule has 0 saturated heterocycles. The molecule has 1 unspecified atom stereocenters. The van der Waals surface area contributed by atoms with Crippen LogP contribution < -0.4 is 0 Å². The maximum absolute atomic E-state index is 11.1. The van der Waals surface area contributed by atoms with Gasteiger partial charge in [-0.15, -0.1) is 11.8 Å². The van der Waals surface area contributed by atoms with E-state index < -0.39 is 0 Å². The molecule has 0 fully saturated rings. The fraction of sp³-hybridized carbons (Fsp3) is 0.444. The Balaban J connectivity index is 2.56. The maximum Gasteiger partial charge on any atom is 0.150 e. The molecule has 62 valence electrons. The summed E-state index contributed by atoms with van der Waals surface area (Å²) >= 11 is 1.61. The van der Waals surface area contributed by atoms with E-state index in [9.17, 15) is 4.79 Å². The summed E-state index contributed by atoms with van der Waals surface area (Å²) in [5, 5.41) is 1.98. The second kappa shape index (κ2) is 4.56. The first kappa shape index (κ1) is 9.65. The van der Waals surface area contributed by atoms with Crippen LogP contribution >= 0.6 is 11.8 Å². The molecule has 0 amide bonds. The summed E-state index contributed by atoms with van der Waals surface area (Å²) in [5.41, 5.74) is 0. The van der Waals surface area contributed by atoms with Gasteiger partial charge in [0.05, 0.1) is 7.85 Å². The Labute approximate surface area is 78.7 Å². The Hall–Kier alpha value is -0.435. The average molecular weight is 178 g/mol. The van der Waals surface area contributed by atoms with E-state index in [2.05, 4.69) is 0 Å². The molecule has 0 spiro atoms. The summed E-state index contributed by atoms with van der Waals surface area (Å²) in [4.78, 5) is 12.3. The van der Waals surface area contributed by atoms with E-state index in [1.165, 1.54) is 0 Å². The molecule has 0 aliphatic heterocycles. The van der Waals surface area contributed by atoms with Crippen LogP contribution in [0.4, 0.5) is 0 Å². The quantitative estimate of drug-likeness (QED) is 0.604. The summed E-state index contributed by atoms with van der Waals surface area (Å²) in [5.74, 6) is -0.201. The fourth-order valence-electron chi connectivity index (χ4n) is 1.03. The molecule has 0 aromatic rings. The van der Waals surface area contributed by atoms with Crippen LogP contribution in [-0.2, 0) is 4.79 Å². The van der Waals surface area contributed by atoms with E-state index in [4.69, 9.17) is 7.85 Å². The van der Waals surface area contributed by atoms with Gasteiger partial charge in [0.25, 0.3) is 0 Å². The molecular formula is C9H11BOS. The van der Waals surface area contributed by atoms with Gasteiger partial charge in [0.1, 0.15) is 0 Å². The topological polar surface area (TPSA) is 17.1 Å². The zero-order valence-electron chi connectivity index (χ0n) is 7.12. The highest BCUT2D eigenvalue weighted by atomic mass is 32.2. The van der Waals surface area contributed by atoms with Crippen LogP contribution in [0.5, 0.6) is 0 Å². The molecule has 0 heterocycles. The van der Waals surface area contributed by atoms with E-state index in [-0.39, 0.29) is 11.6 Å². The third kappa shape index (κ3) is 2.56. The minimum atomic E-state index is -0.264. The number of thioether (sulfide) groups is 1. The molecule has 0 aromatic carbocycles. The monoisotopic (exact) mass is 178 g/mol. The lowest BCUT2D eigenvalue weighted by Gasteiger charge is -2.15. The van der Waals surface area contributed by atoms with Crippen LogP contribution in [0.3, 0.4) is 0 Å². The Morgan fingerprint density at radius 1 is 1.75 bits per heavy atom. The number of rotatable bonds is 2. The van der Waals surface area contributed by atoms with Gasteiger partial charge in [-0.1, -0.05) is 6.08 Å². The normalized spacial score (nSPS) is 24.6. The molecule has 1 aliphatic rings. The molecular weight excluding hydrogens is 167 g/mol. The summed E-state index contributed by atoms with van der Waals surface area (Å²) in [6, 6.07) is 0. The molecule has 1 nitrogen and oxygen atoms in total. The lowest BCUT2D eigenvalue weighted by molar-refractivity contribution is -0.114. The Bertz CT molecular complexity index is 233. The summed E-state index contributed by atoms with van der Waals surface area (Å²) < 4.78 is 0. The van der Waals surface area contributed by atoms with Crippen LogP contribution in [0.2, 0.25) is 5.82 Å². The second-order valence-electron chi connectivity index (χ2n) is 2.75. The molecule has 0 aromatic heterocycles. The minimum absolute atomic E-state index is 0.0632. The molecule has 0 bridgehead atoms. The van der Waals surface area contributed by atoms with Crippen LogP contribution in [0, 0.1) is 0 Å². The van der Waals surface area contributed by atoms with Crippen molar-refractivity contribution in [2.75, 3.05) is 0 Å². The molecule has 1 rings (SSSR count). The molecule has 0 saturated carbocycles. The summed E-state index contributed by atoms with van der Waals surface area (Å²) in [6.45, 7) is 1.96.